The molecule has 0 spiro atoms. The van der Waals surface area contributed by atoms with Gasteiger partial charge in [0.1, 0.15) is 0 Å². The summed E-state index contributed by atoms with van der Waals surface area (Å²) >= 11 is 0. The SMILES string of the molecule is CCC1=C(C)C2=NC1=Cc1[nH]c(/c(=C(/C)O)c1C)=CC1=NC(=CC3=NC(=C2)C(C)=C3CCC(=O)O)C(CCC(=O)O)=C1C. The number of fused-ring (bicyclic) bond motifs is 5. The molecule has 4 aliphatic rings. The molecule has 0 aliphatic carbocycles. The average Bonchev–Trinajstić information content (AvgIpc) is 3.59. The van der Waals surface area contributed by atoms with E-state index in [2.05, 4.69) is 11.9 Å². The Hall–Kier alpha value is -4.79. The zero-order valence-corrected chi connectivity index (χ0v) is 25.3. The first-order valence-electron chi connectivity index (χ1n) is 14.5. The highest BCUT2D eigenvalue weighted by atomic mass is 16.4. The van der Waals surface area contributed by atoms with Gasteiger partial charge < -0.3 is 20.3 Å². The number of nitrogens with zero attached hydrogens (tertiary/aromatic N) is 3. The molecule has 8 bridgehead atoms. The van der Waals surface area contributed by atoms with Crippen molar-refractivity contribution in [2.24, 2.45) is 15.0 Å². The predicted octanol–water partition coefficient (Wildman–Crippen LogP) is 5.36. The third-order valence-electron chi connectivity index (χ3n) is 8.48. The molecule has 0 radical (unpaired) electrons. The molecule has 4 N–H and O–H groups in total. The molecule has 0 amide bonds. The molecule has 0 atom stereocenters. The summed E-state index contributed by atoms with van der Waals surface area (Å²) in [4.78, 5) is 41.4. The summed E-state index contributed by atoms with van der Waals surface area (Å²) in [5.74, 6) is -1.64. The maximum atomic E-state index is 11.5. The first-order valence-corrected chi connectivity index (χ1v) is 14.5. The van der Waals surface area contributed by atoms with Crippen LogP contribution in [0, 0.1) is 6.92 Å². The molecule has 9 nitrogen and oxygen atoms in total. The average molecular weight is 581 g/mol. The quantitative estimate of drug-likeness (QED) is 0.343. The van der Waals surface area contributed by atoms with Gasteiger partial charge in [-0.2, -0.15) is 0 Å². The van der Waals surface area contributed by atoms with E-state index in [1.165, 1.54) is 0 Å². The van der Waals surface area contributed by atoms with Crippen LogP contribution in [0.2, 0.25) is 0 Å². The van der Waals surface area contributed by atoms with Crippen LogP contribution >= 0.6 is 0 Å². The minimum Gasteiger partial charge on any atom is -0.512 e. The van der Waals surface area contributed by atoms with Crippen molar-refractivity contribution >= 4 is 47.0 Å². The Balaban J connectivity index is 1.84. The van der Waals surface area contributed by atoms with Gasteiger partial charge in [-0.05, 0) is 117 Å². The zero-order chi connectivity index (χ0) is 31.2. The topological polar surface area (TPSA) is 148 Å². The normalized spacial score (nSPS) is 18.7. The smallest absolute Gasteiger partial charge is 0.303 e. The van der Waals surface area contributed by atoms with E-state index in [1.54, 1.807) is 6.92 Å². The van der Waals surface area contributed by atoms with Gasteiger partial charge in [0.05, 0.1) is 45.3 Å². The third kappa shape index (κ3) is 5.55. The van der Waals surface area contributed by atoms with Crippen molar-refractivity contribution in [3.63, 3.8) is 0 Å². The highest BCUT2D eigenvalue weighted by Gasteiger charge is 2.27. The Kier molecular flexibility index (Phi) is 7.92. The first-order chi connectivity index (χ1) is 20.4. The van der Waals surface area contributed by atoms with Crippen molar-refractivity contribution in [3.8, 4) is 0 Å². The summed E-state index contributed by atoms with van der Waals surface area (Å²) in [5.41, 5.74) is 11.4. The molecule has 5 rings (SSSR count). The van der Waals surface area contributed by atoms with Crippen molar-refractivity contribution < 1.29 is 24.9 Å². The number of rotatable bonds is 7. The number of H-pyrrole nitrogens is 1. The van der Waals surface area contributed by atoms with Gasteiger partial charge in [0.2, 0.25) is 0 Å². The molecule has 9 heteroatoms. The number of aliphatic hydroxyl groups is 1. The molecule has 0 aromatic carbocycles. The molecule has 43 heavy (non-hydrogen) atoms. The molecule has 222 valence electrons. The van der Waals surface area contributed by atoms with E-state index in [0.29, 0.717) is 39.8 Å². The number of aliphatic imine (C=N–C) groups is 3. The van der Waals surface area contributed by atoms with Crippen LogP contribution < -0.4 is 10.6 Å². The number of aliphatic hydroxyl groups excluding tert-OH is 1. The van der Waals surface area contributed by atoms with Crippen molar-refractivity contribution in [1.29, 1.82) is 0 Å². The lowest BCUT2D eigenvalue weighted by Crippen LogP contribution is -2.27. The number of hydrogen-bond donors (Lipinski definition) is 4. The predicted molar refractivity (Wildman–Crippen MR) is 170 cm³/mol. The number of carbonyl (C=O) groups is 2. The zero-order valence-electron chi connectivity index (χ0n) is 25.3. The lowest BCUT2D eigenvalue weighted by molar-refractivity contribution is -0.137. The molecule has 0 saturated carbocycles. The van der Waals surface area contributed by atoms with Crippen LogP contribution in [-0.2, 0) is 9.59 Å². The Morgan fingerprint density at radius 1 is 0.698 bits per heavy atom. The number of aliphatic carboxylic acids is 2. The Morgan fingerprint density at radius 3 is 1.84 bits per heavy atom. The molecule has 4 aliphatic heterocycles. The van der Waals surface area contributed by atoms with Crippen LogP contribution in [0.3, 0.4) is 0 Å². The van der Waals surface area contributed by atoms with E-state index in [1.807, 2.05) is 52.0 Å². The van der Waals surface area contributed by atoms with Crippen molar-refractivity contribution in [2.75, 3.05) is 0 Å². The second kappa shape index (κ2) is 11.5. The fourth-order valence-corrected chi connectivity index (χ4v) is 6.09. The van der Waals surface area contributed by atoms with E-state index in [9.17, 15) is 24.9 Å². The van der Waals surface area contributed by atoms with Crippen LogP contribution in [0.4, 0.5) is 0 Å². The van der Waals surface area contributed by atoms with E-state index in [0.717, 1.165) is 62.5 Å². The minimum absolute atomic E-state index is 0.0496. The number of nitrogens with one attached hydrogen (secondary N) is 1. The van der Waals surface area contributed by atoms with Gasteiger partial charge >= 0.3 is 11.9 Å². The lowest BCUT2D eigenvalue weighted by Gasteiger charge is -2.07. The highest BCUT2D eigenvalue weighted by Crippen LogP contribution is 2.36. The minimum atomic E-state index is -0.909. The second-order valence-corrected chi connectivity index (χ2v) is 11.2. The molecule has 0 saturated heterocycles. The molecule has 0 unspecified atom stereocenters. The van der Waals surface area contributed by atoms with Crippen LogP contribution in [0.15, 0.2) is 77.7 Å². The van der Waals surface area contributed by atoms with Crippen LogP contribution in [-0.4, -0.2) is 49.4 Å². The Labute approximate surface area is 249 Å². The largest absolute Gasteiger partial charge is 0.512 e. The standard InChI is InChI=1S/C34H36N4O5/c1-7-21-16(2)24-12-25-17(3)22(8-10-32(40)41)29(36-25)15-30-23(9-11-33(42)43)18(4)26(37-30)14-31-34(20(6)39)19(5)27(38-31)13-28(21)35-24/h12-15,38-39H,7-11H2,1-6H3,(H,40,41)(H,42,43)/b25-12?,28-13?,30-15?,31-14?,34-20-. The van der Waals surface area contributed by atoms with Crippen molar-refractivity contribution in [3.05, 3.63) is 84.5 Å². The van der Waals surface area contributed by atoms with Crippen molar-refractivity contribution in [2.45, 2.75) is 73.6 Å². The van der Waals surface area contributed by atoms with Gasteiger partial charge in [-0.3, -0.25) is 9.59 Å². The number of carboxylic acid groups (broad SMARTS) is 2. The number of carboxylic acids is 2. The monoisotopic (exact) mass is 580 g/mol. The number of aromatic amines is 1. The van der Waals surface area contributed by atoms with Gasteiger partial charge in [0, 0.05) is 23.8 Å². The van der Waals surface area contributed by atoms with Gasteiger partial charge in [0.25, 0.3) is 0 Å². The maximum Gasteiger partial charge on any atom is 0.303 e. The number of hydrogen-bond acceptors (Lipinski definition) is 6. The lowest BCUT2D eigenvalue weighted by atomic mass is 9.96. The summed E-state index contributed by atoms with van der Waals surface area (Å²) in [6.45, 7) is 11.6. The van der Waals surface area contributed by atoms with E-state index >= 15 is 0 Å². The van der Waals surface area contributed by atoms with Crippen LogP contribution in [0.5, 0.6) is 0 Å². The second-order valence-electron chi connectivity index (χ2n) is 11.2. The van der Waals surface area contributed by atoms with Gasteiger partial charge in [-0.15, -0.1) is 0 Å². The van der Waals surface area contributed by atoms with E-state index in [4.69, 9.17) is 15.0 Å². The van der Waals surface area contributed by atoms with Crippen LogP contribution in [0.1, 0.15) is 78.0 Å². The Bertz CT molecular complexity index is 1890. The van der Waals surface area contributed by atoms with Crippen molar-refractivity contribution in [1.82, 2.24) is 4.98 Å². The summed E-state index contributed by atoms with van der Waals surface area (Å²) in [6, 6.07) is 0. The molecule has 0 fully saturated rings. The first kappa shape index (κ1) is 29.7. The fraction of sp³-hybridized carbons (Fsp3) is 0.324. The summed E-state index contributed by atoms with van der Waals surface area (Å²) in [7, 11) is 0. The molecular weight excluding hydrogens is 544 g/mol. The molecule has 5 heterocycles. The fourth-order valence-electron chi connectivity index (χ4n) is 6.09. The third-order valence-corrected chi connectivity index (χ3v) is 8.48. The van der Waals surface area contributed by atoms with Crippen LogP contribution in [0.25, 0.3) is 17.9 Å². The van der Waals surface area contributed by atoms with E-state index in [-0.39, 0.29) is 25.0 Å². The molecular formula is C34H36N4O5. The Morgan fingerprint density at radius 2 is 1.23 bits per heavy atom. The summed E-state index contributed by atoms with van der Waals surface area (Å²) in [6.07, 6.45) is 8.91. The number of allylic oxidation sites excluding steroid dienone is 8. The summed E-state index contributed by atoms with van der Waals surface area (Å²) in [5, 5.41) is 31.0. The van der Waals surface area contributed by atoms with E-state index < -0.39 is 11.9 Å². The van der Waals surface area contributed by atoms with Gasteiger partial charge in [-0.1, -0.05) is 6.92 Å². The summed E-state index contributed by atoms with van der Waals surface area (Å²) < 4.78 is 0. The molecule has 1 aromatic rings. The number of aromatic nitrogens is 1. The highest BCUT2D eigenvalue weighted by molar-refractivity contribution is 6.24. The van der Waals surface area contributed by atoms with Gasteiger partial charge in [0.15, 0.2) is 0 Å². The maximum absolute atomic E-state index is 11.5. The molecule has 1 aromatic heterocycles. The van der Waals surface area contributed by atoms with Gasteiger partial charge in [-0.25, -0.2) is 15.0 Å².